The molecule has 2 aliphatic carbocycles. The Labute approximate surface area is 137 Å². The lowest BCUT2D eigenvalue weighted by molar-refractivity contribution is -0.138. The molecule has 2 saturated carbocycles. The SMILES string of the molecule is CC(CCC1[C@H](C)CC[C@H]2C(C)(C)CCC[C@]12C)CC(=O)O. The van der Waals surface area contributed by atoms with Gasteiger partial charge in [-0.2, -0.15) is 0 Å². The van der Waals surface area contributed by atoms with Crippen LogP contribution < -0.4 is 0 Å². The molecule has 22 heavy (non-hydrogen) atoms. The van der Waals surface area contributed by atoms with Crippen molar-refractivity contribution < 1.29 is 9.90 Å². The van der Waals surface area contributed by atoms with Crippen LogP contribution in [0.2, 0.25) is 0 Å². The first-order chi connectivity index (χ1) is 10.2. The second-order valence-corrected chi connectivity index (χ2v) is 9.34. The number of carboxylic acid groups (broad SMARTS) is 1. The predicted octanol–water partition coefficient (Wildman–Crippen LogP) is 5.76. The molecule has 0 heterocycles. The summed E-state index contributed by atoms with van der Waals surface area (Å²) in [6.07, 6.45) is 9.50. The Bertz CT molecular complexity index is 401. The second kappa shape index (κ2) is 6.53. The van der Waals surface area contributed by atoms with Crippen LogP contribution in [0.4, 0.5) is 0 Å². The molecule has 2 nitrogen and oxygen atoms in total. The third kappa shape index (κ3) is 3.51. The van der Waals surface area contributed by atoms with Crippen LogP contribution in [-0.4, -0.2) is 11.1 Å². The summed E-state index contributed by atoms with van der Waals surface area (Å²) in [6, 6.07) is 0. The molecule has 0 aromatic heterocycles. The molecular formula is C20H36O2. The summed E-state index contributed by atoms with van der Waals surface area (Å²) in [5, 5.41) is 8.98. The maximum absolute atomic E-state index is 10.9. The van der Waals surface area contributed by atoms with E-state index in [1.54, 1.807) is 0 Å². The van der Waals surface area contributed by atoms with Crippen molar-refractivity contribution in [3.63, 3.8) is 0 Å². The fraction of sp³-hybridized carbons (Fsp3) is 0.950. The van der Waals surface area contributed by atoms with Crippen LogP contribution in [0.1, 0.15) is 86.0 Å². The molecule has 2 rings (SSSR count). The average molecular weight is 309 g/mol. The van der Waals surface area contributed by atoms with Crippen LogP contribution in [0, 0.1) is 34.5 Å². The van der Waals surface area contributed by atoms with Crippen molar-refractivity contribution in [1.29, 1.82) is 0 Å². The number of aliphatic carboxylic acids is 1. The quantitative estimate of drug-likeness (QED) is 0.701. The smallest absolute Gasteiger partial charge is 0.303 e. The highest BCUT2D eigenvalue weighted by atomic mass is 16.4. The zero-order valence-corrected chi connectivity index (χ0v) is 15.3. The maximum atomic E-state index is 10.9. The van der Waals surface area contributed by atoms with E-state index in [9.17, 15) is 4.79 Å². The molecule has 0 aromatic rings. The average Bonchev–Trinajstić information content (AvgIpc) is 2.35. The van der Waals surface area contributed by atoms with Gasteiger partial charge in [0.15, 0.2) is 0 Å². The number of hydrogen-bond acceptors (Lipinski definition) is 1. The Kier molecular flexibility index (Phi) is 5.29. The summed E-state index contributed by atoms with van der Waals surface area (Å²) >= 11 is 0. The van der Waals surface area contributed by atoms with Crippen molar-refractivity contribution in [1.82, 2.24) is 0 Å². The lowest BCUT2D eigenvalue weighted by Crippen LogP contribution is -2.51. The van der Waals surface area contributed by atoms with Gasteiger partial charge in [-0.1, -0.05) is 47.5 Å². The summed E-state index contributed by atoms with van der Waals surface area (Å²) in [5.41, 5.74) is 0.959. The normalized spacial score (nSPS) is 39.0. The summed E-state index contributed by atoms with van der Waals surface area (Å²) < 4.78 is 0. The highest BCUT2D eigenvalue weighted by Crippen LogP contribution is 2.62. The standard InChI is InChI=1S/C20H36O2/c1-14(13-18(21)22)7-9-16-15(2)8-10-17-19(3,4)11-6-12-20(16,17)5/h14-17H,6-13H2,1-5H3,(H,21,22)/t14?,15-,16?,17+,20-/m1/s1. The monoisotopic (exact) mass is 308 g/mol. The minimum Gasteiger partial charge on any atom is -0.481 e. The van der Waals surface area contributed by atoms with Gasteiger partial charge in [0.1, 0.15) is 0 Å². The van der Waals surface area contributed by atoms with Gasteiger partial charge < -0.3 is 5.11 Å². The molecule has 5 atom stereocenters. The van der Waals surface area contributed by atoms with E-state index in [0.29, 0.717) is 23.2 Å². The molecule has 0 bridgehead atoms. The van der Waals surface area contributed by atoms with Crippen molar-refractivity contribution in [2.75, 3.05) is 0 Å². The van der Waals surface area contributed by atoms with Crippen molar-refractivity contribution in [2.24, 2.45) is 34.5 Å². The molecule has 128 valence electrons. The summed E-state index contributed by atoms with van der Waals surface area (Å²) in [4.78, 5) is 10.9. The van der Waals surface area contributed by atoms with E-state index in [2.05, 4.69) is 34.6 Å². The molecule has 0 aliphatic heterocycles. The van der Waals surface area contributed by atoms with E-state index in [-0.39, 0.29) is 0 Å². The fourth-order valence-corrected chi connectivity index (χ4v) is 6.09. The molecule has 2 aliphatic rings. The van der Waals surface area contributed by atoms with Gasteiger partial charge in [0.25, 0.3) is 0 Å². The Balaban J connectivity index is 2.09. The fourth-order valence-electron chi connectivity index (χ4n) is 6.09. The zero-order valence-electron chi connectivity index (χ0n) is 15.3. The van der Waals surface area contributed by atoms with E-state index < -0.39 is 5.97 Å². The highest BCUT2D eigenvalue weighted by molar-refractivity contribution is 5.66. The van der Waals surface area contributed by atoms with E-state index in [1.807, 2.05) is 0 Å². The molecule has 0 amide bonds. The molecule has 2 heteroatoms. The number of fused-ring (bicyclic) bond motifs is 1. The largest absolute Gasteiger partial charge is 0.481 e. The second-order valence-electron chi connectivity index (χ2n) is 9.34. The van der Waals surface area contributed by atoms with E-state index in [4.69, 9.17) is 5.11 Å². The van der Waals surface area contributed by atoms with Crippen LogP contribution in [0.3, 0.4) is 0 Å². The lowest BCUT2D eigenvalue weighted by atomic mass is 9.46. The van der Waals surface area contributed by atoms with E-state index in [1.165, 1.54) is 38.5 Å². The van der Waals surface area contributed by atoms with E-state index in [0.717, 1.165) is 24.2 Å². The Hall–Kier alpha value is -0.530. The van der Waals surface area contributed by atoms with Gasteiger partial charge in [0.2, 0.25) is 0 Å². The lowest BCUT2D eigenvalue weighted by Gasteiger charge is -2.59. The predicted molar refractivity (Wildman–Crippen MR) is 91.8 cm³/mol. The first kappa shape index (κ1) is 17.8. The summed E-state index contributed by atoms with van der Waals surface area (Å²) in [6.45, 7) is 12.1. The van der Waals surface area contributed by atoms with Crippen LogP contribution in [0.5, 0.6) is 0 Å². The van der Waals surface area contributed by atoms with Gasteiger partial charge in [-0.25, -0.2) is 0 Å². The molecule has 1 N–H and O–H groups in total. The van der Waals surface area contributed by atoms with Gasteiger partial charge in [-0.3, -0.25) is 4.79 Å². The van der Waals surface area contributed by atoms with E-state index >= 15 is 0 Å². The number of carbonyl (C=O) groups is 1. The van der Waals surface area contributed by atoms with Crippen molar-refractivity contribution in [2.45, 2.75) is 86.0 Å². The van der Waals surface area contributed by atoms with Gasteiger partial charge in [-0.15, -0.1) is 0 Å². The highest BCUT2D eigenvalue weighted by Gasteiger charge is 2.53. The zero-order chi connectivity index (χ0) is 16.5. The van der Waals surface area contributed by atoms with Gasteiger partial charge in [-0.05, 0) is 66.6 Å². The van der Waals surface area contributed by atoms with Crippen molar-refractivity contribution in [3.05, 3.63) is 0 Å². The Morgan fingerprint density at radius 1 is 1.23 bits per heavy atom. The third-order valence-electron chi connectivity index (χ3n) is 7.21. The van der Waals surface area contributed by atoms with Gasteiger partial charge in [0, 0.05) is 6.42 Å². The Morgan fingerprint density at radius 2 is 1.91 bits per heavy atom. The van der Waals surface area contributed by atoms with Crippen LogP contribution in [0.15, 0.2) is 0 Å². The minimum atomic E-state index is -0.646. The number of hydrogen-bond donors (Lipinski definition) is 1. The van der Waals surface area contributed by atoms with Gasteiger partial charge >= 0.3 is 5.97 Å². The number of carboxylic acids is 1. The molecule has 0 radical (unpaired) electrons. The van der Waals surface area contributed by atoms with Gasteiger partial charge in [0.05, 0.1) is 0 Å². The first-order valence-corrected chi connectivity index (χ1v) is 9.38. The first-order valence-electron chi connectivity index (χ1n) is 9.38. The van der Waals surface area contributed by atoms with Crippen molar-refractivity contribution >= 4 is 5.97 Å². The summed E-state index contributed by atoms with van der Waals surface area (Å²) in [5.74, 6) is 2.09. The molecule has 2 unspecified atom stereocenters. The Morgan fingerprint density at radius 3 is 2.55 bits per heavy atom. The van der Waals surface area contributed by atoms with Crippen LogP contribution in [0.25, 0.3) is 0 Å². The minimum absolute atomic E-state index is 0.310. The van der Waals surface area contributed by atoms with Crippen LogP contribution >= 0.6 is 0 Å². The third-order valence-corrected chi connectivity index (χ3v) is 7.21. The molecule has 0 aromatic carbocycles. The molecule has 2 fully saturated rings. The molecule has 0 saturated heterocycles. The molecular weight excluding hydrogens is 272 g/mol. The topological polar surface area (TPSA) is 37.3 Å². The summed E-state index contributed by atoms with van der Waals surface area (Å²) in [7, 11) is 0. The van der Waals surface area contributed by atoms with Crippen molar-refractivity contribution in [3.8, 4) is 0 Å². The number of rotatable bonds is 5. The van der Waals surface area contributed by atoms with Crippen LogP contribution in [-0.2, 0) is 4.79 Å². The maximum Gasteiger partial charge on any atom is 0.303 e. The molecule has 0 spiro atoms.